The average molecular weight is 338 g/mol. The molecule has 0 aliphatic rings. The molecule has 5 atom stereocenters. The van der Waals surface area contributed by atoms with Crippen molar-refractivity contribution in [1.82, 2.24) is 0 Å². The molecular formula is C21H43N3. The molecule has 0 amide bonds. The van der Waals surface area contributed by atoms with Crippen molar-refractivity contribution < 1.29 is 0 Å². The first-order valence-corrected chi connectivity index (χ1v) is 10.0. The van der Waals surface area contributed by atoms with Crippen LogP contribution < -0.4 is 17.2 Å². The zero-order valence-electron chi connectivity index (χ0n) is 16.6. The number of nitrogens with two attached hydrogens (primary N) is 3. The van der Waals surface area contributed by atoms with Crippen LogP contribution in [0.1, 0.15) is 79.1 Å². The largest absolute Gasteiger partial charge is 0.328 e. The summed E-state index contributed by atoms with van der Waals surface area (Å²) in [7, 11) is 0. The molecule has 0 spiro atoms. The van der Waals surface area contributed by atoms with Crippen LogP contribution in [0.5, 0.6) is 0 Å². The zero-order valence-corrected chi connectivity index (χ0v) is 16.6. The molecule has 0 aromatic heterocycles. The minimum Gasteiger partial charge on any atom is -0.328 e. The van der Waals surface area contributed by atoms with Gasteiger partial charge in [0.25, 0.3) is 0 Å². The molecule has 0 saturated heterocycles. The first-order valence-electron chi connectivity index (χ1n) is 10.0. The maximum absolute atomic E-state index is 6.53. The summed E-state index contributed by atoms with van der Waals surface area (Å²) in [5.74, 6) is 1.17. The van der Waals surface area contributed by atoms with E-state index in [1.807, 2.05) is 6.08 Å². The summed E-state index contributed by atoms with van der Waals surface area (Å²) in [4.78, 5) is 0. The van der Waals surface area contributed by atoms with E-state index >= 15 is 0 Å². The Hall–Kier alpha value is -0.640. The Morgan fingerprint density at radius 3 is 2.08 bits per heavy atom. The molecule has 0 aromatic carbocycles. The Kier molecular flexibility index (Phi) is 13.3. The standard InChI is InChI=1S/C21H43N3/c1-6-11-18(22)15-21(24)20(10-5)17(9-4)12-13-19(23)14-16(7-2)8-3/h7,14,17-21H,2,6,8-13,15,22-24H2,1,3-5H3/b16-14+. The second kappa shape index (κ2) is 13.6. The summed E-state index contributed by atoms with van der Waals surface area (Å²) in [5.41, 5.74) is 20.3. The quantitative estimate of drug-likeness (QED) is 0.408. The molecule has 24 heavy (non-hydrogen) atoms. The van der Waals surface area contributed by atoms with Gasteiger partial charge in [0.1, 0.15) is 0 Å². The molecule has 5 unspecified atom stereocenters. The number of hydrogen-bond acceptors (Lipinski definition) is 3. The van der Waals surface area contributed by atoms with Crippen molar-refractivity contribution in [1.29, 1.82) is 0 Å². The van der Waals surface area contributed by atoms with E-state index < -0.39 is 0 Å². The first kappa shape index (κ1) is 23.4. The Bertz CT molecular complexity index is 351. The number of rotatable bonds is 14. The van der Waals surface area contributed by atoms with Crippen LogP contribution in [0.15, 0.2) is 24.3 Å². The third kappa shape index (κ3) is 9.00. The van der Waals surface area contributed by atoms with Crippen LogP contribution in [0.3, 0.4) is 0 Å². The fourth-order valence-corrected chi connectivity index (χ4v) is 3.81. The number of allylic oxidation sites excluding steroid dienone is 2. The molecule has 0 radical (unpaired) electrons. The Morgan fingerprint density at radius 2 is 1.62 bits per heavy atom. The van der Waals surface area contributed by atoms with Crippen LogP contribution in [0, 0.1) is 11.8 Å². The van der Waals surface area contributed by atoms with E-state index in [1.54, 1.807) is 0 Å². The second-order valence-electron chi connectivity index (χ2n) is 7.23. The van der Waals surface area contributed by atoms with Gasteiger partial charge in [-0.3, -0.25) is 0 Å². The third-order valence-corrected chi connectivity index (χ3v) is 5.35. The summed E-state index contributed by atoms with van der Waals surface area (Å²) in [5, 5.41) is 0. The van der Waals surface area contributed by atoms with Gasteiger partial charge >= 0.3 is 0 Å². The maximum atomic E-state index is 6.53. The van der Waals surface area contributed by atoms with E-state index in [2.05, 4.69) is 40.3 Å². The van der Waals surface area contributed by atoms with Gasteiger partial charge in [-0.2, -0.15) is 0 Å². The Labute approximate surface area is 151 Å². The van der Waals surface area contributed by atoms with E-state index in [4.69, 9.17) is 17.2 Å². The van der Waals surface area contributed by atoms with Gasteiger partial charge in [0, 0.05) is 18.1 Å². The van der Waals surface area contributed by atoms with Crippen molar-refractivity contribution in [2.45, 2.75) is 97.2 Å². The minimum absolute atomic E-state index is 0.114. The molecule has 3 nitrogen and oxygen atoms in total. The van der Waals surface area contributed by atoms with Crippen LogP contribution in [0.25, 0.3) is 0 Å². The monoisotopic (exact) mass is 337 g/mol. The van der Waals surface area contributed by atoms with Crippen LogP contribution in [0.2, 0.25) is 0 Å². The molecule has 3 heteroatoms. The van der Waals surface area contributed by atoms with Crippen LogP contribution >= 0.6 is 0 Å². The maximum Gasteiger partial charge on any atom is 0.0229 e. The van der Waals surface area contributed by atoms with Crippen LogP contribution in [0.4, 0.5) is 0 Å². The SMILES string of the molecule is C=C/C(=C\C(N)CCC(CC)C(CC)C(N)CC(N)CCC)CC. The van der Waals surface area contributed by atoms with Crippen LogP contribution in [-0.4, -0.2) is 18.1 Å². The van der Waals surface area contributed by atoms with Gasteiger partial charge in [0.05, 0.1) is 0 Å². The lowest BCUT2D eigenvalue weighted by atomic mass is 9.77. The second-order valence-corrected chi connectivity index (χ2v) is 7.23. The van der Waals surface area contributed by atoms with Crippen molar-refractivity contribution in [3.63, 3.8) is 0 Å². The van der Waals surface area contributed by atoms with Crippen molar-refractivity contribution >= 4 is 0 Å². The summed E-state index contributed by atoms with van der Waals surface area (Å²) in [6.07, 6.45) is 12.6. The van der Waals surface area contributed by atoms with Gasteiger partial charge < -0.3 is 17.2 Å². The molecule has 0 bridgehead atoms. The Balaban J connectivity index is 4.66. The molecule has 0 aliphatic heterocycles. The fourth-order valence-electron chi connectivity index (χ4n) is 3.81. The first-order chi connectivity index (χ1) is 11.4. The summed E-state index contributed by atoms with van der Waals surface area (Å²) in [6.45, 7) is 12.7. The van der Waals surface area contributed by atoms with Gasteiger partial charge in [0.15, 0.2) is 0 Å². The van der Waals surface area contributed by atoms with E-state index in [0.29, 0.717) is 11.8 Å². The third-order valence-electron chi connectivity index (χ3n) is 5.35. The molecule has 142 valence electrons. The normalized spacial score (nSPS) is 18.7. The van der Waals surface area contributed by atoms with E-state index in [-0.39, 0.29) is 18.1 Å². The molecule has 0 fully saturated rings. The number of hydrogen-bond donors (Lipinski definition) is 3. The summed E-state index contributed by atoms with van der Waals surface area (Å²) >= 11 is 0. The van der Waals surface area contributed by atoms with E-state index in [1.165, 1.54) is 5.57 Å². The average Bonchev–Trinajstić information content (AvgIpc) is 2.56. The van der Waals surface area contributed by atoms with Crippen molar-refractivity contribution in [3.8, 4) is 0 Å². The highest BCUT2D eigenvalue weighted by Crippen LogP contribution is 2.29. The molecular weight excluding hydrogens is 294 g/mol. The lowest BCUT2D eigenvalue weighted by Gasteiger charge is -2.32. The fraction of sp³-hybridized carbons (Fsp3) is 0.810. The molecule has 0 aromatic rings. The highest BCUT2D eigenvalue weighted by Gasteiger charge is 2.26. The predicted molar refractivity (Wildman–Crippen MR) is 109 cm³/mol. The smallest absolute Gasteiger partial charge is 0.0229 e. The van der Waals surface area contributed by atoms with Gasteiger partial charge in [-0.25, -0.2) is 0 Å². The van der Waals surface area contributed by atoms with Crippen LogP contribution in [-0.2, 0) is 0 Å². The van der Waals surface area contributed by atoms with Crippen molar-refractivity contribution in [2.75, 3.05) is 0 Å². The minimum atomic E-state index is 0.114. The van der Waals surface area contributed by atoms with Gasteiger partial charge in [-0.15, -0.1) is 0 Å². The molecule has 0 aliphatic carbocycles. The molecule has 0 rings (SSSR count). The van der Waals surface area contributed by atoms with E-state index in [0.717, 1.165) is 51.4 Å². The van der Waals surface area contributed by atoms with Gasteiger partial charge in [0.2, 0.25) is 0 Å². The lowest BCUT2D eigenvalue weighted by molar-refractivity contribution is 0.228. The van der Waals surface area contributed by atoms with Gasteiger partial charge in [-0.05, 0) is 43.9 Å². The highest BCUT2D eigenvalue weighted by atomic mass is 14.7. The lowest BCUT2D eigenvalue weighted by Crippen LogP contribution is -2.40. The van der Waals surface area contributed by atoms with Crippen molar-refractivity contribution in [3.05, 3.63) is 24.3 Å². The molecule has 6 N–H and O–H groups in total. The highest BCUT2D eigenvalue weighted by molar-refractivity contribution is 5.17. The van der Waals surface area contributed by atoms with Crippen molar-refractivity contribution in [2.24, 2.45) is 29.0 Å². The van der Waals surface area contributed by atoms with Gasteiger partial charge in [-0.1, -0.05) is 71.3 Å². The summed E-state index contributed by atoms with van der Waals surface area (Å²) in [6, 6.07) is 0.553. The summed E-state index contributed by atoms with van der Waals surface area (Å²) < 4.78 is 0. The molecule has 0 heterocycles. The Morgan fingerprint density at radius 1 is 0.958 bits per heavy atom. The van der Waals surface area contributed by atoms with E-state index in [9.17, 15) is 0 Å². The molecule has 0 saturated carbocycles. The zero-order chi connectivity index (χ0) is 18.5. The predicted octanol–water partition coefficient (Wildman–Crippen LogP) is 4.51. The topological polar surface area (TPSA) is 78.1 Å².